The summed E-state index contributed by atoms with van der Waals surface area (Å²) in [6.45, 7) is 5.10. The van der Waals surface area contributed by atoms with Crippen LogP contribution in [0, 0.1) is 0 Å². The van der Waals surface area contributed by atoms with Crippen LogP contribution in [0.3, 0.4) is 0 Å². The van der Waals surface area contributed by atoms with Gasteiger partial charge in [-0.15, -0.1) is 0 Å². The number of amides is 1. The van der Waals surface area contributed by atoms with Gasteiger partial charge in [0, 0.05) is 13.8 Å². The molecule has 0 aliphatic carbocycles. The van der Waals surface area contributed by atoms with Gasteiger partial charge in [0.1, 0.15) is 6.61 Å². The molecule has 0 aliphatic heterocycles. The zero-order valence-electron chi connectivity index (χ0n) is 8.42. The summed E-state index contributed by atoms with van der Waals surface area (Å²) >= 11 is 0. The summed E-state index contributed by atoms with van der Waals surface area (Å²) in [5.41, 5.74) is 0. The Balaban J connectivity index is 3.79. The molecule has 0 fully saturated rings. The van der Waals surface area contributed by atoms with E-state index >= 15 is 0 Å². The number of esters is 1. The van der Waals surface area contributed by atoms with Crippen LogP contribution in [-0.4, -0.2) is 24.5 Å². The lowest BCUT2D eigenvalue weighted by molar-refractivity contribution is -0.142. The molecule has 4 nitrogen and oxygen atoms in total. The van der Waals surface area contributed by atoms with Crippen molar-refractivity contribution in [1.29, 1.82) is 0 Å². The maximum Gasteiger partial charge on any atom is 0.302 e. The second-order valence-corrected chi connectivity index (χ2v) is 2.99. The van der Waals surface area contributed by atoms with Gasteiger partial charge in [-0.2, -0.15) is 0 Å². The summed E-state index contributed by atoms with van der Waals surface area (Å²) in [6.07, 6.45) is 1.78. The van der Waals surface area contributed by atoms with E-state index in [0.717, 1.165) is 12.8 Å². The predicted octanol–water partition coefficient (Wildman–Crippen LogP) is 0.854. The smallest absolute Gasteiger partial charge is 0.302 e. The topological polar surface area (TPSA) is 55.4 Å². The average Bonchev–Trinajstić information content (AvgIpc) is 1.99. The van der Waals surface area contributed by atoms with Crippen LogP contribution in [0.15, 0.2) is 0 Å². The minimum absolute atomic E-state index is 0.0496. The SMILES string of the molecule is CCC[C@H](COC(C)=O)NC(C)=O. The van der Waals surface area contributed by atoms with E-state index in [1.54, 1.807) is 0 Å². The zero-order chi connectivity index (χ0) is 10.3. The number of hydrogen-bond donors (Lipinski definition) is 1. The van der Waals surface area contributed by atoms with Gasteiger partial charge in [-0.05, 0) is 6.42 Å². The number of carbonyl (C=O) groups is 2. The highest BCUT2D eigenvalue weighted by atomic mass is 16.5. The van der Waals surface area contributed by atoms with E-state index < -0.39 is 0 Å². The lowest BCUT2D eigenvalue weighted by Gasteiger charge is -2.16. The highest BCUT2D eigenvalue weighted by Gasteiger charge is 2.09. The van der Waals surface area contributed by atoms with Gasteiger partial charge in [0.05, 0.1) is 6.04 Å². The van der Waals surface area contributed by atoms with Crippen LogP contribution < -0.4 is 5.32 Å². The van der Waals surface area contributed by atoms with Crippen molar-refractivity contribution in [3.63, 3.8) is 0 Å². The molecule has 0 saturated heterocycles. The van der Waals surface area contributed by atoms with Crippen LogP contribution in [-0.2, 0) is 14.3 Å². The van der Waals surface area contributed by atoms with E-state index in [9.17, 15) is 9.59 Å². The first kappa shape index (κ1) is 11.9. The first-order valence-corrected chi connectivity index (χ1v) is 4.46. The Kier molecular flexibility index (Phi) is 5.93. The lowest BCUT2D eigenvalue weighted by atomic mass is 10.2. The van der Waals surface area contributed by atoms with E-state index in [0.29, 0.717) is 0 Å². The van der Waals surface area contributed by atoms with Gasteiger partial charge in [-0.25, -0.2) is 0 Å². The van der Waals surface area contributed by atoms with Gasteiger partial charge >= 0.3 is 5.97 Å². The highest BCUT2D eigenvalue weighted by molar-refractivity contribution is 5.73. The summed E-state index contributed by atoms with van der Waals surface area (Å²) in [7, 11) is 0. The molecule has 1 amide bonds. The molecule has 0 aromatic carbocycles. The molecule has 0 heterocycles. The molecular formula is C9H17NO3. The van der Waals surface area contributed by atoms with Gasteiger partial charge in [0.25, 0.3) is 0 Å². The molecule has 1 N–H and O–H groups in total. The monoisotopic (exact) mass is 187 g/mol. The number of rotatable bonds is 5. The maximum absolute atomic E-state index is 10.7. The Bertz CT molecular complexity index is 180. The van der Waals surface area contributed by atoms with Crippen LogP contribution in [0.4, 0.5) is 0 Å². The Hall–Kier alpha value is -1.06. The van der Waals surface area contributed by atoms with E-state index in [-0.39, 0.29) is 24.5 Å². The van der Waals surface area contributed by atoms with Crippen molar-refractivity contribution in [1.82, 2.24) is 5.32 Å². The molecule has 76 valence electrons. The molecule has 0 rings (SSSR count). The van der Waals surface area contributed by atoms with Crippen molar-refractivity contribution in [2.45, 2.75) is 39.7 Å². The fourth-order valence-corrected chi connectivity index (χ4v) is 1.05. The van der Waals surface area contributed by atoms with Crippen LogP contribution >= 0.6 is 0 Å². The molecule has 0 aromatic heterocycles. The van der Waals surface area contributed by atoms with Gasteiger partial charge in [-0.3, -0.25) is 9.59 Å². The number of hydrogen-bond acceptors (Lipinski definition) is 3. The first-order chi connectivity index (χ1) is 6.06. The normalized spacial score (nSPS) is 11.9. The predicted molar refractivity (Wildman–Crippen MR) is 49.1 cm³/mol. The molecule has 0 unspecified atom stereocenters. The Morgan fingerprint density at radius 3 is 2.38 bits per heavy atom. The average molecular weight is 187 g/mol. The summed E-state index contributed by atoms with van der Waals surface area (Å²) < 4.78 is 4.80. The molecular weight excluding hydrogens is 170 g/mol. The molecule has 1 atom stereocenters. The second kappa shape index (κ2) is 6.46. The zero-order valence-corrected chi connectivity index (χ0v) is 8.42. The molecule has 0 aromatic rings. The van der Waals surface area contributed by atoms with Crippen molar-refractivity contribution in [3.8, 4) is 0 Å². The Labute approximate surface area is 78.6 Å². The lowest BCUT2D eigenvalue weighted by Crippen LogP contribution is -2.37. The fraction of sp³-hybridized carbons (Fsp3) is 0.778. The Morgan fingerprint density at radius 2 is 2.00 bits per heavy atom. The van der Waals surface area contributed by atoms with Crippen molar-refractivity contribution < 1.29 is 14.3 Å². The van der Waals surface area contributed by atoms with Crippen molar-refractivity contribution in [2.24, 2.45) is 0 Å². The third-order valence-corrected chi connectivity index (χ3v) is 1.53. The standard InChI is InChI=1S/C9H17NO3/c1-4-5-9(10-7(2)11)6-13-8(3)12/h9H,4-6H2,1-3H3,(H,10,11)/t9-/m1/s1. The third-order valence-electron chi connectivity index (χ3n) is 1.53. The second-order valence-electron chi connectivity index (χ2n) is 2.99. The van der Waals surface area contributed by atoms with E-state index in [2.05, 4.69) is 5.32 Å². The van der Waals surface area contributed by atoms with Gasteiger partial charge in [0.2, 0.25) is 5.91 Å². The van der Waals surface area contributed by atoms with Gasteiger partial charge < -0.3 is 10.1 Å². The summed E-state index contributed by atoms with van der Waals surface area (Å²) in [6, 6.07) is -0.0496. The molecule has 0 bridgehead atoms. The van der Waals surface area contributed by atoms with Crippen LogP contribution in [0.5, 0.6) is 0 Å². The summed E-state index contributed by atoms with van der Waals surface area (Å²) in [5, 5.41) is 2.72. The Morgan fingerprint density at radius 1 is 1.38 bits per heavy atom. The van der Waals surface area contributed by atoms with Gasteiger partial charge in [0.15, 0.2) is 0 Å². The number of ether oxygens (including phenoxy) is 1. The molecule has 0 radical (unpaired) electrons. The van der Waals surface area contributed by atoms with Crippen LogP contribution in [0.2, 0.25) is 0 Å². The minimum atomic E-state index is -0.313. The van der Waals surface area contributed by atoms with E-state index in [1.165, 1.54) is 13.8 Å². The molecule has 0 aliphatic rings. The molecule has 0 saturated carbocycles. The highest BCUT2D eigenvalue weighted by Crippen LogP contribution is 1.97. The maximum atomic E-state index is 10.7. The van der Waals surface area contributed by atoms with Crippen molar-refractivity contribution >= 4 is 11.9 Å². The first-order valence-electron chi connectivity index (χ1n) is 4.46. The number of nitrogens with one attached hydrogen (secondary N) is 1. The summed E-state index contributed by atoms with van der Waals surface area (Å²) in [4.78, 5) is 21.2. The van der Waals surface area contributed by atoms with E-state index in [1.807, 2.05) is 6.92 Å². The van der Waals surface area contributed by atoms with Crippen LogP contribution in [0.25, 0.3) is 0 Å². The fourth-order valence-electron chi connectivity index (χ4n) is 1.05. The largest absolute Gasteiger partial charge is 0.464 e. The third kappa shape index (κ3) is 7.31. The minimum Gasteiger partial charge on any atom is -0.464 e. The molecule has 13 heavy (non-hydrogen) atoms. The quantitative estimate of drug-likeness (QED) is 0.649. The molecule has 4 heteroatoms. The van der Waals surface area contributed by atoms with Crippen molar-refractivity contribution in [2.75, 3.05) is 6.61 Å². The van der Waals surface area contributed by atoms with E-state index in [4.69, 9.17) is 4.74 Å². The van der Waals surface area contributed by atoms with Crippen molar-refractivity contribution in [3.05, 3.63) is 0 Å². The molecule has 0 spiro atoms. The summed E-state index contributed by atoms with van der Waals surface area (Å²) in [5.74, 6) is -0.406. The van der Waals surface area contributed by atoms with Crippen LogP contribution in [0.1, 0.15) is 33.6 Å². The van der Waals surface area contributed by atoms with Gasteiger partial charge in [-0.1, -0.05) is 13.3 Å². The number of carbonyl (C=O) groups excluding carboxylic acids is 2.